The molecule has 2 rings (SSSR count). The summed E-state index contributed by atoms with van der Waals surface area (Å²) in [5, 5.41) is 4.32. The number of hydrogen-bond acceptors (Lipinski definition) is 2. The van der Waals surface area contributed by atoms with Crippen molar-refractivity contribution in [2.24, 2.45) is 16.8 Å². The standard InChI is InChI=1S/C14H27N3S/c1-11(2)13-10-17(7-8-18-13)14(15-3)16-9-12-5-4-6-12/h11-13H,4-10H2,1-3H3,(H,15,16). The maximum absolute atomic E-state index is 4.46. The van der Waals surface area contributed by atoms with Crippen LogP contribution >= 0.6 is 11.8 Å². The highest BCUT2D eigenvalue weighted by atomic mass is 32.2. The number of rotatable bonds is 3. The van der Waals surface area contributed by atoms with Crippen LogP contribution in [0.25, 0.3) is 0 Å². The molecule has 0 aromatic carbocycles. The molecule has 1 aliphatic heterocycles. The molecule has 0 radical (unpaired) electrons. The molecule has 1 saturated carbocycles. The zero-order valence-corrected chi connectivity index (χ0v) is 12.8. The van der Waals surface area contributed by atoms with E-state index in [0.29, 0.717) is 0 Å². The topological polar surface area (TPSA) is 27.6 Å². The van der Waals surface area contributed by atoms with Crippen LogP contribution in [0.4, 0.5) is 0 Å². The largest absolute Gasteiger partial charge is 0.356 e. The van der Waals surface area contributed by atoms with Gasteiger partial charge in [-0.2, -0.15) is 11.8 Å². The van der Waals surface area contributed by atoms with Gasteiger partial charge in [0.05, 0.1) is 0 Å². The van der Waals surface area contributed by atoms with Crippen molar-refractivity contribution in [2.75, 3.05) is 32.4 Å². The lowest BCUT2D eigenvalue weighted by molar-refractivity contribution is 0.306. The van der Waals surface area contributed by atoms with Gasteiger partial charge < -0.3 is 10.2 Å². The van der Waals surface area contributed by atoms with Crippen LogP contribution in [-0.4, -0.2) is 48.5 Å². The normalized spacial score (nSPS) is 26.3. The molecule has 18 heavy (non-hydrogen) atoms. The quantitative estimate of drug-likeness (QED) is 0.630. The minimum Gasteiger partial charge on any atom is -0.356 e. The van der Waals surface area contributed by atoms with E-state index >= 15 is 0 Å². The van der Waals surface area contributed by atoms with E-state index in [9.17, 15) is 0 Å². The summed E-state index contributed by atoms with van der Waals surface area (Å²) in [5.41, 5.74) is 0. The molecule has 104 valence electrons. The summed E-state index contributed by atoms with van der Waals surface area (Å²) in [6.45, 7) is 8.05. The van der Waals surface area contributed by atoms with Gasteiger partial charge in [0.2, 0.25) is 0 Å². The maximum Gasteiger partial charge on any atom is 0.193 e. The van der Waals surface area contributed by atoms with E-state index in [0.717, 1.165) is 42.7 Å². The molecule has 0 aromatic heterocycles. The van der Waals surface area contributed by atoms with Crippen molar-refractivity contribution in [3.8, 4) is 0 Å². The first-order valence-corrected chi connectivity index (χ1v) is 8.32. The molecule has 1 saturated heterocycles. The van der Waals surface area contributed by atoms with Gasteiger partial charge >= 0.3 is 0 Å². The zero-order chi connectivity index (χ0) is 13.0. The minimum atomic E-state index is 0.751. The number of guanidine groups is 1. The van der Waals surface area contributed by atoms with Crippen molar-refractivity contribution >= 4 is 17.7 Å². The van der Waals surface area contributed by atoms with Crippen molar-refractivity contribution in [3.63, 3.8) is 0 Å². The Morgan fingerprint density at radius 3 is 2.78 bits per heavy atom. The van der Waals surface area contributed by atoms with Gasteiger partial charge in [0, 0.05) is 37.7 Å². The van der Waals surface area contributed by atoms with E-state index in [4.69, 9.17) is 0 Å². The SMILES string of the molecule is CN=C(NCC1CCC1)N1CCSC(C(C)C)C1. The number of thioether (sulfide) groups is 1. The van der Waals surface area contributed by atoms with Gasteiger partial charge in [-0.15, -0.1) is 0 Å². The molecule has 3 nitrogen and oxygen atoms in total. The van der Waals surface area contributed by atoms with Gasteiger partial charge in [0.1, 0.15) is 0 Å². The number of nitrogens with one attached hydrogen (secondary N) is 1. The van der Waals surface area contributed by atoms with Gasteiger partial charge in [-0.25, -0.2) is 0 Å². The first-order valence-electron chi connectivity index (χ1n) is 7.28. The summed E-state index contributed by atoms with van der Waals surface area (Å²) in [4.78, 5) is 6.90. The van der Waals surface area contributed by atoms with E-state index < -0.39 is 0 Å². The molecule has 2 aliphatic rings. The van der Waals surface area contributed by atoms with Gasteiger partial charge in [0.15, 0.2) is 5.96 Å². The summed E-state index contributed by atoms with van der Waals surface area (Å²) in [6.07, 6.45) is 4.21. The van der Waals surface area contributed by atoms with Crippen LogP contribution < -0.4 is 5.32 Å². The Bertz CT molecular complexity index is 287. The molecule has 0 amide bonds. The molecule has 1 heterocycles. The molecule has 0 spiro atoms. The highest BCUT2D eigenvalue weighted by Gasteiger charge is 2.25. The third-order valence-corrected chi connectivity index (χ3v) is 5.66. The first kappa shape index (κ1) is 14.0. The van der Waals surface area contributed by atoms with Crippen molar-refractivity contribution in [3.05, 3.63) is 0 Å². The average molecular weight is 269 g/mol. The second kappa shape index (κ2) is 6.69. The Morgan fingerprint density at radius 1 is 1.44 bits per heavy atom. The molecular weight excluding hydrogens is 242 g/mol. The predicted molar refractivity (Wildman–Crippen MR) is 81.4 cm³/mol. The highest BCUT2D eigenvalue weighted by molar-refractivity contribution is 8.00. The fourth-order valence-corrected chi connectivity index (χ4v) is 3.83. The second-order valence-electron chi connectivity index (χ2n) is 5.82. The molecule has 1 N–H and O–H groups in total. The number of aliphatic imine (C=N–C) groups is 1. The van der Waals surface area contributed by atoms with Crippen molar-refractivity contribution in [1.82, 2.24) is 10.2 Å². The van der Waals surface area contributed by atoms with Crippen molar-refractivity contribution in [1.29, 1.82) is 0 Å². The summed E-state index contributed by atoms with van der Waals surface area (Å²) >= 11 is 2.12. The lowest BCUT2D eigenvalue weighted by Gasteiger charge is -2.37. The summed E-state index contributed by atoms with van der Waals surface area (Å²) in [5.74, 6) is 3.99. The lowest BCUT2D eigenvalue weighted by atomic mass is 9.85. The van der Waals surface area contributed by atoms with Crippen LogP contribution in [0.15, 0.2) is 4.99 Å². The van der Waals surface area contributed by atoms with Gasteiger partial charge in [-0.3, -0.25) is 4.99 Å². The van der Waals surface area contributed by atoms with E-state index in [2.05, 4.69) is 40.8 Å². The average Bonchev–Trinajstić information content (AvgIpc) is 2.32. The van der Waals surface area contributed by atoms with Crippen LogP contribution in [-0.2, 0) is 0 Å². The van der Waals surface area contributed by atoms with Gasteiger partial charge in [-0.05, 0) is 24.7 Å². The smallest absolute Gasteiger partial charge is 0.193 e. The third kappa shape index (κ3) is 3.56. The molecule has 1 aliphatic carbocycles. The fraction of sp³-hybridized carbons (Fsp3) is 0.929. The highest BCUT2D eigenvalue weighted by Crippen LogP contribution is 2.26. The van der Waals surface area contributed by atoms with Crippen LogP contribution in [0.2, 0.25) is 0 Å². The molecule has 0 aromatic rings. The van der Waals surface area contributed by atoms with E-state index in [1.807, 2.05) is 7.05 Å². The van der Waals surface area contributed by atoms with Crippen molar-refractivity contribution < 1.29 is 0 Å². The predicted octanol–water partition coefficient (Wildman–Crippen LogP) is 2.44. The Morgan fingerprint density at radius 2 is 2.22 bits per heavy atom. The molecule has 4 heteroatoms. The Hall–Kier alpha value is -0.380. The van der Waals surface area contributed by atoms with Crippen LogP contribution in [0, 0.1) is 11.8 Å². The summed E-state index contributed by atoms with van der Waals surface area (Å²) in [6, 6.07) is 0. The first-order chi connectivity index (χ1) is 8.70. The van der Waals surface area contributed by atoms with E-state index in [-0.39, 0.29) is 0 Å². The van der Waals surface area contributed by atoms with Crippen LogP contribution in [0.1, 0.15) is 33.1 Å². The van der Waals surface area contributed by atoms with Crippen LogP contribution in [0.3, 0.4) is 0 Å². The molecule has 1 unspecified atom stereocenters. The van der Waals surface area contributed by atoms with Crippen LogP contribution in [0.5, 0.6) is 0 Å². The van der Waals surface area contributed by atoms with Crippen molar-refractivity contribution in [2.45, 2.75) is 38.4 Å². The minimum absolute atomic E-state index is 0.751. The van der Waals surface area contributed by atoms with E-state index in [1.54, 1.807) is 0 Å². The molecule has 0 bridgehead atoms. The Kier molecular flexibility index (Phi) is 5.22. The molecule has 1 atom stereocenters. The number of hydrogen-bond donors (Lipinski definition) is 1. The number of nitrogens with zero attached hydrogens (tertiary/aromatic N) is 2. The van der Waals surface area contributed by atoms with E-state index in [1.165, 1.54) is 25.0 Å². The molecule has 2 fully saturated rings. The third-order valence-electron chi connectivity index (χ3n) is 4.12. The van der Waals surface area contributed by atoms with Gasteiger partial charge in [-0.1, -0.05) is 20.3 Å². The maximum atomic E-state index is 4.46. The molecular formula is C14H27N3S. The van der Waals surface area contributed by atoms with Gasteiger partial charge in [0.25, 0.3) is 0 Å². The Balaban J connectivity index is 1.82. The monoisotopic (exact) mass is 269 g/mol. The summed E-state index contributed by atoms with van der Waals surface area (Å²) in [7, 11) is 1.91. The fourth-order valence-electron chi connectivity index (χ4n) is 2.54. The lowest BCUT2D eigenvalue weighted by Crippen LogP contribution is -2.50. The zero-order valence-electron chi connectivity index (χ0n) is 12.0. The Labute approximate surface area is 116 Å². The summed E-state index contributed by atoms with van der Waals surface area (Å²) < 4.78 is 0. The second-order valence-corrected chi connectivity index (χ2v) is 7.17.